The Kier molecular flexibility index (Phi) is 7.49. The van der Waals surface area contributed by atoms with Gasteiger partial charge < -0.3 is 15.0 Å². The van der Waals surface area contributed by atoms with Crippen molar-refractivity contribution in [1.29, 1.82) is 0 Å². The standard InChI is InChI=1S/C23H23Cl2N3O4S2/c1-12-13(2)33-21(18(12)23(31)32-3)26-17(29)11-27-6-8-28(9-7-27)22(30)20-19(25)15-5-4-14(24)10-16(15)34-20/h4-5,10H,6-9,11H2,1-3H3,(H,26,29). The summed E-state index contributed by atoms with van der Waals surface area (Å²) in [6.07, 6.45) is 0. The molecule has 0 unspecified atom stereocenters. The maximum atomic E-state index is 13.1. The van der Waals surface area contributed by atoms with Crippen LogP contribution in [0.3, 0.4) is 0 Å². The number of amides is 2. The first-order chi connectivity index (χ1) is 16.2. The highest BCUT2D eigenvalue weighted by Gasteiger charge is 2.28. The van der Waals surface area contributed by atoms with Gasteiger partial charge in [0.2, 0.25) is 5.91 Å². The minimum Gasteiger partial charge on any atom is -0.465 e. The van der Waals surface area contributed by atoms with Gasteiger partial charge in [0.15, 0.2) is 0 Å². The van der Waals surface area contributed by atoms with E-state index in [4.69, 9.17) is 27.9 Å². The lowest BCUT2D eigenvalue weighted by Crippen LogP contribution is -2.50. The Morgan fingerprint density at radius 1 is 1.09 bits per heavy atom. The zero-order valence-electron chi connectivity index (χ0n) is 18.9. The molecule has 1 aliphatic heterocycles. The lowest BCUT2D eigenvalue weighted by atomic mass is 10.1. The summed E-state index contributed by atoms with van der Waals surface area (Å²) in [7, 11) is 1.32. The Morgan fingerprint density at radius 2 is 1.79 bits per heavy atom. The van der Waals surface area contributed by atoms with Crippen molar-refractivity contribution in [2.24, 2.45) is 0 Å². The van der Waals surface area contributed by atoms with E-state index in [1.807, 2.05) is 30.9 Å². The van der Waals surface area contributed by atoms with E-state index in [9.17, 15) is 14.4 Å². The first kappa shape index (κ1) is 24.9. The minimum atomic E-state index is -0.466. The molecule has 11 heteroatoms. The number of methoxy groups -OCH3 is 1. The average Bonchev–Trinajstić information content (AvgIpc) is 3.28. The van der Waals surface area contributed by atoms with Crippen molar-refractivity contribution in [3.05, 3.63) is 49.1 Å². The minimum absolute atomic E-state index is 0.112. The molecule has 0 radical (unpaired) electrons. The lowest BCUT2D eigenvalue weighted by molar-refractivity contribution is -0.117. The third-order valence-electron chi connectivity index (χ3n) is 5.84. The van der Waals surface area contributed by atoms with Crippen LogP contribution in [0.4, 0.5) is 5.00 Å². The number of halogens is 2. The molecular weight excluding hydrogens is 517 g/mol. The molecule has 2 aromatic heterocycles. The highest BCUT2D eigenvalue weighted by molar-refractivity contribution is 7.21. The molecule has 0 atom stereocenters. The molecule has 0 aliphatic carbocycles. The van der Waals surface area contributed by atoms with Crippen molar-refractivity contribution in [2.75, 3.05) is 45.2 Å². The number of ether oxygens (including phenoxy) is 1. The number of aryl methyl sites for hydroxylation is 1. The molecule has 180 valence electrons. The molecule has 1 saturated heterocycles. The number of carbonyl (C=O) groups excluding carboxylic acids is 3. The number of esters is 1. The van der Waals surface area contributed by atoms with E-state index in [0.29, 0.717) is 51.7 Å². The van der Waals surface area contributed by atoms with Crippen LogP contribution in [0.1, 0.15) is 30.5 Å². The molecule has 7 nitrogen and oxygen atoms in total. The van der Waals surface area contributed by atoms with Crippen LogP contribution in [0.2, 0.25) is 10.0 Å². The molecule has 1 aliphatic rings. The predicted octanol–water partition coefficient (Wildman–Crippen LogP) is 5.07. The molecule has 1 N–H and O–H groups in total. The van der Waals surface area contributed by atoms with Crippen LogP contribution in [0.5, 0.6) is 0 Å². The maximum Gasteiger partial charge on any atom is 0.341 e. The molecule has 1 fully saturated rings. The topological polar surface area (TPSA) is 79.0 Å². The number of carbonyl (C=O) groups is 3. The third-order valence-corrected chi connectivity index (χ3v) is 8.84. The second-order valence-electron chi connectivity index (χ2n) is 7.98. The van der Waals surface area contributed by atoms with Gasteiger partial charge >= 0.3 is 5.97 Å². The summed E-state index contributed by atoms with van der Waals surface area (Å²) in [5, 5.41) is 5.22. The van der Waals surface area contributed by atoms with Crippen LogP contribution in [0.25, 0.3) is 10.1 Å². The van der Waals surface area contributed by atoms with Crippen LogP contribution >= 0.6 is 45.9 Å². The molecule has 2 amide bonds. The predicted molar refractivity (Wildman–Crippen MR) is 138 cm³/mol. The van der Waals surface area contributed by atoms with Gasteiger partial charge in [0, 0.05) is 46.2 Å². The number of hydrogen-bond donors (Lipinski definition) is 1. The maximum absolute atomic E-state index is 13.1. The Labute approximate surface area is 215 Å². The van der Waals surface area contributed by atoms with Gasteiger partial charge in [0.1, 0.15) is 9.88 Å². The molecule has 4 rings (SSSR count). The number of rotatable bonds is 5. The molecule has 0 bridgehead atoms. The summed E-state index contributed by atoms with van der Waals surface area (Å²) in [4.78, 5) is 43.1. The number of piperazine rings is 1. The van der Waals surface area contributed by atoms with Gasteiger partial charge in [-0.05, 0) is 31.5 Å². The summed E-state index contributed by atoms with van der Waals surface area (Å²) in [6, 6.07) is 5.39. The number of nitrogens with one attached hydrogen (secondary N) is 1. The van der Waals surface area contributed by atoms with E-state index >= 15 is 0 Å². The summed E-state index contributed by atoms with van der Waals surface area (Å²) in [5.74, 6) is -0.791. The molecule has 0 saturated carbocycles. The molecule has 34 heavy (non-hydrogen) atoms. The molecule has 3 aromatic rings. The summed E-state index contributed by atoms with van der Waals surface area (Å²) in [6.45, 7) is 5.99. The van der Waals surface area contributed by atoms with Gasteiger partial charge in [-0.25, -0.2) is 4.79 Å². The highest BCUT2D eigenvalue weighted by Crippen LogP contribution is 2.37. The Hall–Kier alpha value is -2.17. The highest BCUT2D eigenvalue weighted by atomic mass is 35.5. The SMILES string of the molecule is COC(=O)c1c(NC(=O)CN2CCN(C(=O)c3sc4cc(Cl)ccc4c3Cl)CC2)sc(C)c1C. The number of fused-ring (bicyclic) bond motifs is 1. The van der Waals surface area contributed by atoms with Crippen LogP contribution < -0.4 is 5.32 Å². The molecular formula is C23H23Cl2N3O4S2. The Morgan fingerprint density at radius 3 is 2.47 bits per heavy atom. The fourth-order valence-corrected chi connectivity index (χ4v) is 6.68. The second kappa shape index (κ2) is 10.2. The van der Waals surface area contributed by atoms with Gasteiger partial charge in [-0.15, -0.1) is 22.7 Å². The second-order valence-corrected chi connectivity index (χ2v) is 11.1. The van der Waals surface area contributed by atoms with E-state index in [0.717, 1.165) is 20.5 Å². The number of benzene rings is 1. The zero-order valence-corrected chi connectivity index (χ0v) is 22.0. The first-order valence-electron chi connectivity index (χ1n) is 10.6. The molecule has 0 spiro atoms. The number of anilines is 1. The van der Waals surface area contributed by atoms with E-state index in [-0.39, 0.29) is 18.4 Å². The summed E-state index contributed by atoms with van der Waals surface area (Å²) in [5.41, 5.74) is 1.21. The van der Waals surface area contributed by atoms with Gasteiger partial charge in [-0.2, -0.15) is 0 Å². The van der Waals surface area contributed by atoms with Gasteiger partial charge in [0.25, 0.3) is 5.91 Å². The van der Waals surface area contributed by atoms with E-state index in [2.05, 4.69) is 5.32 Å². The van der Waals surface area contributed by atoms with Crippen LogP contribution in [0.15, 0.2) is 18.2 Å². The van der Waals surface area contributed by atoms with E-state index in [1.54, 1.807) is 11.0 Å². The summed E-state index contributed by atoms with van der Waals surface area (Å²) < 4.78 is 5.74. The van der Waals surface area contributed by atoms with Crippen molar-refractivity contribution in [3.8, 4) is 0 Å². The van der Waals surface area contributed by atoms with Crippen molar-refractivity contribution >= 4 is 78.7 Å². The van der Waals surface area contributed by atoms with Crippen molar-refractivity contribution in [2.45, 2.75) is 13.8 Å². The Bertz CT molecular complexity index is 1280. The number of thiophene rings is 2. The molecule has 1 aromatic carbocycles. The summed E-state index contributed by atoms with van der Waals surface area (Å²) >= 11 is 15.2. The lowest BCUT2D eigenvalue weighted by Gasteiger charge is -2.34. The quantitative estimate of drug-likeness (QED) is 0.458. The smallest absolute Gasteiger partial charge is 0.341 e. The number of hydrogen-bond acceptors (Lipinski definition) is 7. The van der Waals surface area contributed by atoms with Gasteiger partial charge in [-0.3, -0.25) is 14.5 Å². The van der Waals surface area contributed by atoms with Gasteiger partial charge in [-0.1, -0.05) is 29.3 Å². The van der Waals surface area contributed by atoms with Gasteiger partial charge in [0.05, 0.1) is 24.2 Å². The van der Waals surface area contributed by atoms with Crippen molar-refractivity contribution in [1.82, 2.24) is 9.80 Å². The van der Waals surface area contributed by atoms with E-state index < -0.39 is 5.97 Å². The van der Waals surface area contributed by atoms with Crippen molar-refractivity contribution in [3.63, 3.8) is 0 Å². The fourth-order valence-electron chi connectivity index (χ4n) is 3.86. The van der Waals surface area contributed by atoms with E-state index in [1.165, 1.54) is 29.8 Å². The van der Waals surface area contributed by atoms with Crippen LogP contribution in [-0.4, -0.2) is 67.4 Å². The first-order valence-corrected chi connectivity index (χ1v) is 13.0. The Balaban J connectivity index is 1.36. The fraction of sp³-hybridized carbons (Fsp3) is 0.348. The monoisotopic (exact) mass is 539 g/mol. The number of nitrogens with zero attached hydrogens (tertiary/aromatic N) is 2. The average molecular weight is 540 g/mol. The largest absolute Gasteiger partial charge is 0.465 e. The van der Waals surface area contributed by atoms with Crippen LogP contribution in [-0.2, 0) is 9.53 Å². The normalized spacial score (nSPS) is 14.4. The van der Waals surface area contributed by atoms with Crippen molar-refractivity contribution < 1.29 is 19.1 Å². The van der Waals surface area contributed by atoms with Crippen LogP contribution in [0, 0.1) is 13.8 Å². The third kappa shape index (κ3) is 4.94. The zero-order chi connectivity index (χ0) is 24.6. The molecule has 3 heterocycles.